The Balaban J connectivity index is 1.04. The molecule has 2 aliphatic carbocycles. The highest BCUT2D eigenvalue weighted by Crippen LogP contribution is 2.53. The highest BCUT2D eigenvalue weighted by atomic mass is 15.0. The Bertz CT molecular complexity index is 2860. The predicted octanol–water partition coefficient (Wildman–Crippen LogP) is 13.3. The van der Waals surface area contributed by atoms with E-state index in [1.54, 1.807) is 0 Å². The van der Waals surface area contributed by atoms with Gasteiger partial charge in [0.25, 0.3) is 0 Å². The van der Waals surface area contributed by atoms with Gasteiger partial charge in [-0.3, -0.25) is 5.32 Å². The first-order valence-corrected chi connectivity index (χ1v) is 19.9. The summed E-state index contributed by atoms with van der Waals surface area (Å²) in [7, 11) is 0. The van der Waals surface area contributed by atoms with E-state index in [4.69, 9.17) is 5.73 Å². The normalized spacial score (nSPS) is 15.7. The molecule has 0 fully saturated rings. The summed E-state index contributed by atoms with van der Waals surface area (Å²) in [6.07, 6.45) is 4.20. The smallest absolute Gasteiger partial charge is 0.0817 e. The van der Waals surface area contributed by atoms with Gasteiger partial charge in [0.1, 0.15) is 0 Å². The highest BCUT2D eigenvalue weighted by Gasteiger charge is 2.38. The molecule has 0 heterocycles. The Hall–Kier alpha value is -6.06. The van der Waals surface area contributed by atoms with Crippen LogP contribution in [0.1, 0.15) is 78.8 Å². The summed E-state index contributed by atoms with van der Waals surface area (Å²) in [5.74, 6) is 0. The molecule has 8 aromatic rings. The zero-order valence-corrected chi connectivity index (χ0v) is 32.5. The van der Waals surface area contributed by atoms with Crippen LogP contribution in [0.3, 0.4) is 0 Å². The van der Waals surface area contributed by atoms with Crippen LogP contribution in [0.5, 0.6) is 0 Å². The summed E-state index contributed by atoms with van der Waals surface area (Å²) < 4.78 is 0. The van der Waals surface area contributed by atoms with Crippen LogP contribution in [0.4, 0.5) is 0 Å². The lowest BCUT2D eigenvalue weighted by molar-refractivity contribution is 0.508. The van der Waals surface area contributed by atoms with Crippen LogP contribution in [0, 0.1) is 0 Å². The number of nitrogens with two attached hydrogens (primary N) is 1. The maximum Gasteiger partial charge on any atom is 0.0817 e. The van der Waals surface area contributed by atoms with Crippen molar-refractivity contribution in [2.24, 2.45) is 5.73 Å². The summed E-state index contributed by atoms with van der Waals surface area (Å²) in [6.45, 7) is 9.45. The van der Waals surface area contributed by atoms with Crippen LogP contribution < -0.4 is 11.1 Å². The molecule has 0 spiro atoms. The fourth-order valence-corrected chi connectivity index (χ4v) is 9.58. The average molecular weight is 723 g/mol. The van der Waals surface area contributed by atoms with Crippen molar-refractivity contribution < 1.29 is 0 Å². The molecule has 3 N–H and O–H groups in total. The van der Waals surface area contributed by atoms with E-state index in [9.17, 15) is 0 Å². The Morgan fingerprint density at radius 3 is 1.77 bits per heavy atom. The van der Waals surface area contributed by atoms with Crippen molar-refractivity contribution in [1.29, 1.82) is 0 Å². The first-order valence-electron chi connectivity index (χ1n) is 19.9. The third kappa shape index (κ3) is 5.55. The van der Waals surface area contributed by atoms with Crippen molar-refractivity contribution in [1.82, 2.24) is 5.32 Å². The zero-order valence-electron chi connectivity index (χ0n) is 32.5. The lowest BCUT2D eigenvalue weighted by atomic mass is 9.81. The quantitative estimate of drug-likeness (QED) is 0.161. The average Bonchev–Trinajstić information content (AvgIpc) is 3.59. The van der Waals surface area contributed by atoms with Gasteiger partial charge in [-0.1, -0.05) is 173 Å². The summed E-state index contributed by atoms with van der Waals surface area (Å²) in [4.78, 5) is 0. The second-order valence-corrected chi connectivity index (χ2v) is 16.8. The van der Waals surface area contributed by atoms with Crippen LogP contribution in [-0.2, 0) is 10.8 Å². The Labute approximate surface area is 330 Å². The minimum atomic E-state index is -0.340. The summed E-state index contributed by atoms with van der Waals surface area (Å²) in [5.41, 5.74) is 23.4. The number of benzene rings is 8. The number of nitrogens with one attached hydrogen (secondary N) is 1. The lowest BCUT2D eigenvalue weighted by Crippen LogP contribution is -2.31. The van der Waals surface area contributed by atoms with Gasteiger partial charge in [-0.2, -0.15) is 0 Å². The summed E-state index contributed by atoms with van der Waals surface area (Å²) in [5, 5.41) is 8.93. The van der Waals surface area contributed by atoms with E-state index < -0.39 is 0 Å². The van der Waals surface area contributed by atoms with Crippen LogP contribution in [0.2, 0.25) is 0 Å². The number of hydrogen-bond acceptors (Lipinski definition) is 2. The van der Waals surface area contributed by atoms with E-state index in [0.717, 1.165) is 11.1 Å². The summed E-state index contributed by atoms with van der Waals surface area (Å²) in [6, 6.07) is 60.0. The Kier molecular flexibility index (Phi) is 8.01. The van der Waals surface area contributed by atoms with Gasteiger partial charge in [0, 0.05) is 10.8 Å². The molecule has 0 bridgehead atoms. The molecule has 10 rings (SSSR count). The molecule has 2 nitrogen and oxygen atoms in total. The van der Waals surface area contributed by atoms with Gasteiger partial charge >= 0.3 is 0 Å². The second kappa shape index (κ2) is 13.0. The Morgan fingerprint density at radius 2 is 1.05 bits per heavy atom. The first kappa shape index (κ1) is 34.4. The maximum absolute atomic E-state index is 6.90. The van der Waals surface area contributed by atoms with Crippen molar-refractivity contribution in [3.05, 3.63) is 209 Å². The fraction of sp³-hybridized carbons (Fsp3) is 0.148. The van der Waals surface area contributed by atoms with Crippen molar-refractivity contribution in [3.63, 3.8) is 0 Å². The highest BCUT2D eigenvalue weighted by molar-refractivity contribution is 5.99. The Morgan fingerprint density at radius 1 is 0.464 bits per heavy atom. The molecule has 2 aliphatic rings. The van der Waals surface area contributed by atoms with E-state index in [2.05, 4.69) is 203 Å². The number of rotatable bonds is 7. The minimum absolute atomic E-state index is 0.0854. The van der Waals surface area contributed by atoms with Crippen LogP contribution in [-0.4, -0.2) is 0 Å². The zero-order chi connectivity index (χ0) is 38.2. The largest absolute Gasteiger partial charge is 0.312 e. The van der Waals surface area contributed by atoms with Gasteiger partial charge < -0.3 is 5.73 Å². The first-order chi connectivity index (χ1) is 27.2. The van der Waals surface area contributed by atoms with Crippen LogP contribution >= 0.6 is 0 Å². The molecular formula is C54H46N2. The van der Waals surface area contributed by atoms with E-state index in [1.165, 1.54) is 82.7 Å². The van der Waals surface area contributed by atoms with Crippen molar-refractivity contribution in [2.45, 2.75) is 50.7 Å². The maximum atomic E-state index is 6.90. The van der Waals surface area contributed by atoms with Gasteiger partial charge in [0.15, 0.2) is 0 Å². The molecule has 8 aromatic carbocycles. The topological polar surface area (TPSA) is 38.0 Å². The molecule has 2 unspecified atom stereocenters. The number of fused-ring (bicyclic) bond motifs is 8. The molecule has 272 valence electrons. The van der Waals surface area contributed by atoms with Crippen LogP contribution in [0.25, 0.3) is 61.0 Å². The second-order valence-electron chi connectivity index (χ2n) is 16.8. The van der Waals surface area contributed by atoms with Gasteiger partial charge in [-0.15, -0.1) is 0 Å². The van der Waals surface area contributed by atoms with E-state index >= 15 is 0 Å². The SMILES string of the molecule is CC1(C)c2cc(C(/C=C/c3cccc(-c4cccc5c4-c4cc6ccccc6cc4C5(C)C)c3)NC(N)c3ccccc3)ccc2-c2cc3ccccc3cc21. The van der Waals surface area contributed by atoms with Gasteiger partial charge in [-0.05, 0) is 124 Å². The molecule has 0 amide bonds. The van der Waals surface area contributed by atoms with Crippen LogP contribution in [0.15, 0.2) is 170 Å². The molecular weight excluding hydrogens is 677 g/mol. The van der Waals surface area contributed by atoms with Gasteiger partial charge in [0.2, 0.25) is 0 Å². The standard InChI is InChI=1S/C54H46N2/c1-53(2)46-23-13-22-42(51(46)45-30-37-18-9-11-20-39(37)32-49(45)53)40-21-12-14-34(28-40)24-27-50(56-52(55)35-15-6-5-7-16-35)41-25-26-43-44-29-36-17-8-10-19-38(36)31-48(44)54(3,4)47(43)33-41/h5-33,50,52,56H,55H2,1-4H3/b27-24+. The minimum Gasteiger partial charge on any atom is -0.312 e. The molecule has 0 aliphatic heterocycles. The number of hydrogen-bond donors (Lipinski definition) is 2. The monoisotopic (exact) mass is 722 g/mol. The van der Waals surface area contributed by atoms with E-state index in [1.807, 2.05) is 6.07 Å². The van der Waals surface area contributed by atoms with E-state index in [0.29, 0.717) is 0 Å². The fourth-order valence-electron chi connectivity index (χ4n) is 9.58. The molecule has 0 aromatic heterocycles. The lowest BCUT2D eigenvalue weighted by Gasteiger charge is -2.25. The third-order valence-electron chi connectivity index (χ3n) is 12.7. The molecule has 56 heavy (non-hydrogen) atoms. The summed E-state index contributed by atoms with van der Waals surface area (Å²) >= 11 is 0. The molecule has 0 saturated carbocycles. The van der Waals surface area contributed by atoms with Crippen molar-refractivity contribution in [3.8, 4) is 33.4 Å². The van der Waals surface area contributed by atoms with Gasteiger partial charge in [-0.25, -0.2) is 0 Å². The van der Waals surface area contributed by atoms with E-state index in [-0.39, 0.29) is 23.0 Å². The molecule has 0 radical (unpaired) electrons. The predicted molar refractivity (Wildman–Crippen MR) is 237 cm³/mol. The van der Waals surface area contributed by atoms with Gasteiger partial charge in [0.05, 0.1) is 12.2 Å². The molecule has 2 atom stereocenters. The third-order valence-corrected chi connectivity index (χ3v) is 12.7. The van der Waals surface area contributed by atoms with Crippen molar-refractivity contribution >= 4 is 27.6 Å². The molecule has 2 heteroatoms. The van der Waals surface area contributed by atoms with Crippen molar-refractivity contribution in [2.75, 3.05) is 0 Å². The molecule has 0 saturated heterocycles.